The van der Waals surface area contributed by atoms with E-state index in [1.54, 1.807) is 18.2 Å². The van der Waals surface area contributed by atoms with Crippen molar-refractivity contribution in [2.24, 2.45) is 10.6 Å². The molecule has 0 saturated heterocycles. The summed E-state index contributed by atoms with van der Waals surface area (Å²) in [6.45, 7) is 6.15. The van der Waals surface area contributed by atoms with E-state index in [1.165, 1.54) is 4.31 Å². The third-order valence-corrected chi connectivity index (χ3v) is 5.61. The van der Waals surface area contributed by atoms with Crippen molar-refractivity contribution >= 4 is 21.4 Å². The first-order valence-corrected chi connectivity index (χ1v) is 8.66. The van der Waals surface area contributed by atoms with Crippen molar-refractivity contribution in [3.63, 3.8) is 0 Å². The first-order valence-electron chi connectivity index (χ1n) is 7.05. The molecule has 0 saturated carbocycles. The molecule has 0 spiro atoms. The molecule has 6 heteroatoms. The monoisotopic (exact) mass is 310 g/mol. The van der Waals surface area contributed by atoms with Gasteiger partial charge in [-0.05, 0) is 24.3 Å². The topological polar surface area (TPSA) is 70.0 Å². The fourth-order valence-corrected chi connectivity index (χ4v) is 4.71. The Balaban J connectivity index is 2.50. The van der Waals surface area contributed by atoms with Gasteiger partial charge < -0.3 is 5.21 Å². The van der Waals surface area contributed by atoms with E-state index in [4.69, 9.17) is 5.21 Å². The maximum Gasteiger partial charge on any atom is 0.235 e. The lowest BCUT2D eigenvalue weighted by Gasteiger charge is -2.28. The van der Waals surface area contributed by atoms with E-state index in [1.807, 2.05) is 26.8 Å². The third kappa shape index (κ3) is 3.56. The van der Waals surface area contributed by atoms with Gasteiger partial charge in [0, 0.05) is 12.1 Å². The Bertz CT molecular complexity index is 645. The Morgan fingerprint density at radius 2 is 1.95 bits per heavy atom. The molecule has 116 valence electrons. The molecule has 0 fully saturated rings. The number of benzene rings is 1. The summed E-state index contributed by atoms with van der Waals surface area (Å²) in [6, 6.07) is 7.20. The van der Waals surface area contributed by atoms with Crippen LogP contribution in [0.3, 0.4) is 0 Å². The zero-order valence-corrected chi connectivity index (χ0v) is 13.5. The zero-order chi connectivity index (χ0) is 15.7. The Hall–Kier alpha value is -1.56. The van der Waals surface area contributed by atoms with Gasteiger partial charge >= 0.3 is 0 Å². The number of nitrogens with zero attached hydrogens (tertiary/aromatic N) is 2. The molecule has 1 N–H and O–H groups in total. The normalized spacial score (nSPS) is 18.4. The minimum absolute atomic E-state index is 0.0833. The lowest BCUT2D eigenvalue weighted by molar-refractivity contribution is 0.318. The fourth-order valence-electron chi connectivity index (χ4n) is 2.60. The van der Waals surface area contributed by atoms with Crippen molar-refractivity contribution in [3.05, 3.63) is 29.8 Å². The van der Waals surface area contributed by atoms with Crippen LogP contribution in [0.1, 0.15) is 39.2 Å². The first-order chi connectivity index (χ1) is 9.74. The number of hydrogen-bond donors (Lipinski definition) is 1. The number of fused-ring (bicyclic) bond motifs is 1. The molecule has 0 atom stereocenters. The van der Waals surface area contributed by atoms with Crippen LogP contribution in [0.15, 0.2) is 29.4 Å². The Morgan fingerprint density at radius 3 is 2.57 bits per heavy atom. The van der Waals surface area contributed by atoms with E-state index < -0.39 is 10.0 Å². The molecule has 0 bridgehead atoms. The average molecular weight is 310 g/mol. The minimum atomic E-state index is -3.41. The Labute approximate surface area is 126 Å². The number of oxime groups is 1. The molecule has 21 heavy (non-hydrogen) atoms. The van der Waals surface area contributed by atoms with Crippen molar-refractivity contribution in [1.29, 1.82) is 0 Å². The summed E-state index contributed by atoms with van der Waals surface area (Å²) in [5, 5.41) is 12.5. The summed E-state index contributed by atoms with van der Waals surface area (Å²) in [4.78, 5) is 0. The van der Waals surface area contributed by atoms with Gasteiger partial charge in [0.2, 0.25) is 10.0 Å². The highest BCUT2D eigenvalue weighted by molar-refractivity contribution is 7.92. The van der Waals surface area contributed by atoms with Crippen LogP contribution < -0.4 is 4.31 Å². The standard InChI is InChI=1S/C15H22N2O3S/c1-15(2,3)11-21(19,20)17-10-6-8-13(16-18)12-7-4-5-9-14(12)17/h4-5,7,9,18H,6,8,10-11H2,1-3H3/b16-13-. The van der Waals surface area contributed by atoms with Gasteiger partial charge in [-0.25, -0.2) is 8.42 Å². The van der Waals surface area contributed by atoms with Crippen LogP contribution in [-0.2, 0) is 10.0 Å². The van der Waals surface area contributed by atoms with Crippen molar-refractivity contribution in [1.82, 2.24) is 0 Å². The lowest BCUT2D eigenvalue weighted by atomic mass is 10.0. The van der Waals surface area contributed by atoms with Crippen LogP contribution in [0.4, 0.5) is 5.69 Å². The van der Waals surface area contributed by atoms with Crippen LogP contribution >= 0.6 is 0 Å². The lowest BCUT2D eigenvalue weighted by Crippen LogP contribution is -2.37. The van der Waals surface area contributed by atoms with Crippen LogP contribution in [0.2, 0.25) is 0 Å². The van der Waals surface area contributed by atoms with E-state index in [2.05, 4.69) is 5.16 Å². The van der Waals surface area contributed by atoms with Crippen LogP contribution in [-0.4, -0.2) is 31.6 Å². The molecule has 0 amide bonds. The Morgan fingerprint density at radius 1 is 1.29 bits per heavy atom. The molecule has 0 aliphatic carbocycles. The Kier molecular flexibility index (Phi) is 4.27. The second-order valence-corrected chi connectivity index (χ2v) is 8.45. The van der Waals surface area contributed by atoms with E-state index in [0.29, 0.717) is 36.3 Å². The van der Waals surface area contributed by atoms with Gasteiger partial charge in [0.05, 0.1) is 17.2 Å². The number of para-hydroxylation sites is 1. The minimum Gasteiger partial charge on any atom is -0.411 e. The second kappa shape index (κ2) is 5.67. The maximum absolute atomic E-state index is 12.7. The fraction of sp³-hybridized carbons (Fsp3) is 0.533. The highest BCUT2D eigenvalue weighted by Gasteiger charge is 2.31. The quantitative estimate of drug-likeness (QED) is 0.674. The molecule has 1 aromatic rings. The van der Waals surface area contributed by atoms with Crippen molar-refractivity contribution in [3.8, 4) is 0 Å². The molecule has 0 aromatic heterocycles. The van der Waals surface area contributed by atoms with Gasteiger partial charge in [-0.1, -0.05) is 44.1 Å². The van der Waals surface area contributed by atoms with Crippen LogP contribution in [0, 0.1) is 5.41 Å². The SMILES string of the molecule is CC(C)(C)CS(=O)(=O)N1CCC/C(=N/O)c2ccccc21. The third-order valence-electron chi connectivity index (χ3n) is 3.33. The molecular formula is C15H22N2O3S. The smallest absolute Gasteiger partial charge is 0.235 e. The highest BCUT2D eigenvalue weighted by Crippen LogP contribution is 2.31. The van der Waals surface area contributed by atoms with Crippen molar-refractivity contribution in [2.45, 2.75) is 33.6 Å². The van der Waals surface area contributed by atoms with Gasteiger partial charge in [-0.3, -0.25) is 4.31 Å². The molecule has 0 unspecified atom stereocenters. The summed E-state index contributed by atoms with van der Waals surface area (Å²) in [6.07, 6.45) is 1.20. The summed E-state index contributed by atoms with van der Waals surface area (Å²) in [7, 11) is -3.41. The second-order valence-electron chi connectivity index (χ2n) is 6.56. The van der Waals surface area contributed by atoms with E-state index in [0.717, 1.165) is 0 Å². The number of anilines is 1. The van der Waals surface area contributed by atoms with Gasteiger partial charge in [0.25, 0.3) is 0 Å². The summed E-state index contributed by atoms with van der Waals surface area (Å²) in [5.41, 5.74) is 1.52. The van der Waals surface area contributed by atoms with Crippen molar-refractivity contribution < 1.29 is 13.6 Å². The zero-order valence-electron chi connectivity index (χ0n) is 12.7. The summed E-state index contributed by atoms with van der Waals surface area (Å²) < 4.78 is 26.9. The van der Waals surface area contributed by atoms with Crippen LogP contribution in [0.5, 0.6) is 0 Å². The van der Waals surface area contributed by atoms with E-state index in [-0.39, 0.29) is 11.2 Å². The first kappa shape index (κ1) is 15.8. The molecule has 1 aliphatic heterocycles. The van der Waals surface area contributed by atoms with Crippen molar-refractivity contribution in [2.75, 3.05) is 16.6 Å². The van der Waals surface area contributed by atoms with Gasteiger partial charge in [-0.2, -0.15) is 0 Å². The predicted molar refractivity (Wildman–Crippen MR) is 84.6 cm³/mol. The largest absolute Gasteiger partial charge is 0.411 e. The number of hydrogen-bond acceptors (Lipinski definition) is 4. The molecule has 1 aliphatic rings. The van der Waals surface area contributed by atoms with Crippen LogP contribution in [0.25, 0.3) is 0 Å². The van der Waals surface area contributed by atoms with Gasteiger partial charge in [0.15, 0.2) is 0 Å². The molecule has 5 nitrogen and oxygen atoms in total. The molecule has 1 heterocycles. The predicted octanol–water partition coefficient (Wildman–Crippen LogP) is 2.84. The summed E-state index contributed by atoms with van der Waals surface area (Å²) in [5.74, 6) is 0.0833. The van der Waals surface area contributed by atoms with E-state index in [9.17, 15) is 8.42 Å². The number of sulfonamides is 1. The van der Waals surface area contributed by atoms with Gasteiger partial charge in [0.1, 0.15) is 0 Å². The van der Waals surface area contributed by atoms with Gasteiger partial charge in [-0.15, -0.1) is 0 Å². The van der Waals surface area contributed by atoms with E-state index >= 15 is 0 Å². The average Bonchev–Trinajstić information content (AvgIpc) is 2.55. The molecule has 2 rings (SSSR count). The maximum atomic E-state index is 12.7. The molecule has 0 radical (unpaired) electrons. The number of rotatable bonds is 2. The highest BCUT2D eigenvalue weighted by atomic mass is 32.2. The molecule has 1 aromatic carbocycles. The molecular weight excluding hydrogens is 288 g/mol. The summed E-state index contributed by atoms with van der Waals surface area (Å²) >= 11 is 0.